The summed E-state index contributed by atoms with van der Waals surface area (Å²) in [5.74, 6) is 0.102. The van der Waals surface area contributed by atoms with E-state index in [0.29, 0.717) is 11.5 Å². The molecule has 8 heteroatoms. The first-order valence-electron chi connectivity index (χ1n) is 8.91. The van der Waals surface area contributed by atoms with Crippen molar-refractivity contribution in [2.24, 2.45) is 0 Å². The number of ketones is 4. The zero-order valence-electron chi connectivity index (χ0n) is 16.2. The fourth-order valence-corrected chi connectivity index (χ4v) is 2.14. The van der Waals surface area contributed by atoms with Crippen LogP contribution in [0, 0.1) is 0 Å². The third kappa shape index (κ3) is 11.2. The lowest BCUT2D eigenvalue weighted by Gasteiger charge is -2.12. The van der Waals surface area contributed by atoms with Gasteiger partial charge in [-0.15, -0.1) is 0 Å². The maximum absolute atomic E-state index is 11.4. The minimum atomic E-state index is -0.266. The molecule has 0 aliphatic rings. The van der Waals surface area contributed by atoms with Crippen molar-refractivity contribution in [1.82, 2.24) is 0 Å². The first-order chi connectivity index (χ1) is 13.4. The smallest absolute Gasteiger partial charge is 0.165 e. The van der Waals surface area contributed by atoms with E-state index in [2.05, 4.69) is 0 Å². The Morgan fingerprint density at radius 2 is 1.07 bits per heavy atom. The second kappa shape index (κ2) is 13.6. The summed E-state index contributed by atoms with van der Waals surface area (Å²) in [6.45, 7) is 3.27. The van der Waals surface area contributed by atoms with E-state index >= 15 is 0 Å². The van der Waals surface area contributed by atoms with Gasteiger partial charge in [-0.3, -0.25) is 19.2 Å². The molecule has 0 N–H and O–H groups in total. The average Bonchev–Trinajstić information content (AvgIpc) is 2.61. The molecule has 0 aromatic heterocycles. The molecule has 0 aliphatic carbocycles. The largest absolute Gasteiger partial charge is 0.487 e. The van der Waals surface area contributed by atoms with Gasteiger partial charge in [-0.25, -0.2) is 0 Å². The van der Waals surface area contributed by atoms with Gasteiger partial charge in [0.15, 0.2) is 23.1 Å². The van der Waals surface area contributed by atoms with Gasteiger partial charge in [0.25, 0.3) is 0 Å². The van der Waals surface area contributed by atoms with Gasteiger partial charge in [0.1, 0.15) is 38.0 Å². The summed E-state index contributed by atoms with van der Waals surface area (Å²) >= 11 is 0. The molecule has 0 aliphatic heterocycles. The van der Waals surface area contributed by atoms with E-state index < -0.39 is 0 Å². The van der Waals surface area contributed by atoms with Crippen molar-refractivity contribution in [3.8, 4) is 11.5 Å². The molecular weight excluding hydrogens is 368 g/mol. The topological polar surface area (TPSA) is 105 Å². The maximum Gasteiger partial charge on any atom is 0.165 e. The van der Waals surface area contributed by atoms with Crippen molar-refractivity contribution in [2.45, 2.75) is 26.7 Å². The highest BCUT2D eigenvalue weighted by molar-refractivity contribution is 5.98. The maximum atomic E-state index is 11.4. The number of carbonyl (C=O) groups is 4. The van der Waals surface area contributed by atoms with E-state index in [1.807, 2.05) is 0 Å². The summed E-state index contributed by atoms with van der Waals surface area (Å²) in [6.07, 6.45) is -0.250. The molecule has 0 amide bonds. The average molecular weight is 394 g/mol. The lowest BCUT2D eigenvalue weighted by atomic mass is 10.2. The van der Waals surface area contributed by atoms with Crippen LogP contribution in [0.2, 0.25) is 0 Å². The van der Waals surface area contributed by atoms with Gasteiger partial charge >= 0.3 is 0 Å². The van der Waals surface area contributed by atoms with Gasteiger partial charge in [-0.2, -0.15) is 0 Å². The van der Waals surface area contributed by atoms with Gasteiger partial charge in [-0.05, 0) is 26.0 Å². The standard InChI is InChI=1S/C20H26O8/c1-15(21)11-17(23)13-25-7-9-27-19-5-3-4-6-20(19)28-10-8-26-14-18(24)12-16(2)22/h3-6H,7-14H2,1-2H3. The fourth-order valence-electron chi connectivity index (χ4n) is 2.14. The van der Waals surface area contributed by atoms with Crippen molar-refractivity contribution in [1.29, 1.82) is 0 Å². The first kappa shape index (κ1) is 23.5. The molecule has 0 spiro atoms. The highest BCUT2D eigenvalue weighted by Gasteiger charge is 2.08. The summed E-state index contributed by atoms with van der Waals surface area (Å²) in [5, 5.41) is 0. The number of Topliss-reactive ketones (excluding diaryl/α,β-unsaturated/α-hetero) is 4. The molecule has 0 bridgehead atoms. The van der Waals surface area contributed by atoms with Crippen molar-refractivity contribution in [3.05, 3.63) is 24.3 Å². The Morgan fingerprint density at radius 3 is 1.43 bits per heavy atom. The normalized spacial score (nSPS) is 10.4. The van der Waals surface area contributed by atoms with Crippen LogP contribution in [-0.4, -0.2) is 62.8 Å². The Balaban J connectivity index is 2.25. The molecule has 8 nitrogen and oxygen atoms in total. The van der Waals surface area contributed by atoms with Crippen molar-refractivity contribution >= 4 is 23.1 Å². The molecule has 154 valence electrons. The van der Waals surface area contributed by atoms with Gasteiger partial charge in [0.05, 0.1) is 26.1 Å². The summed E-state index contributed by atoms with van der Waals surface area (Å²) in [4.78, 5) is 44.3. The lowest BCUT2D eigenvalue weighted by molar-refractivity contribution is -0.130. The number of hydrogen-bond donors (Lipinski definition) is 0. The zero-order chi connectivity index (χ0) is 20.8. The summed E-state index contributed by atoms with van der Waals surface area (Å²) in [5.41, 5.74) is 0. The fraction of sp³-hybridized carbons (Fsp3) is 0.500. The van der Waals surface area contributed by atoms with Crippen LogP contribution < -0.4 is 9.47 Å². The molecule has 0 atom stereocenters. The monoisotopic (exact) mass is 394 g/mol. The Bertz CT molecular complexity index is 611. The predicted octanol–water partition coefficient (Wildman–Crippen LogP) is 1.57. The molecule has 1 aromatic carbocycles. The Morgan fingerprint density at radius 1 is 0.679 bits per heavy atom. The Kier molecular flexibility index (Phi) is 11.4. The van der Waals surface area contributed by atoms with Crippen molar-refractivity contribution in [3.63, 3.8) is 0 Å². The van der Waals surface area contributed by atoms with Gasteiger partial charge in [0.2, 0.25) is 0 Å². The minimum Gasteiger partial charge on any atom is -0.487 e. The van der Waals surface area contributed by atoms with Gasteiger partial charge in [-0.1, -0.05) is 12.1 Å². The number of ether oxygens (including phenoxy) is 4. The third-order valence-electron chi connectivity index (χ3n) is 3.24. The lowest BCUT2D eigenvalue weighted by Crippen LogP contribution is -2.16. The molecule has 0 saturated heterocycles. The van der Waals surface area contributed by atoms with E-state index in [1.54, 1.807) is 24.3 Å². The molecule has 28 heavy (non-hydrogen) atoms. The highest BCUT2D eigenvalue weighted by atomic mass is 16.6. The second-order valence-electron chi connectivity index (χ2n) is 6.08. The molecular formula is C20H26O8. The second-order valence-corrected chi connectivity index (χ2v) is 6.08. The number of benzene rings is 1. The molecule has 0 saturated carbocycles. The van der Waals surface area contributed by atoms with Gasteiger partial charge < -0.3 is 18.9 Å². The van der Waals surface area contributed by atoms with Crippen LogP contribution in [0.5, 0.6) is 11.5 Å². The first-order valence-corrected chi connectivity index (χ1v) is 8.91. The third-order valence-corrected chi connectivity index (χ3v) is 3.24. The SMILES string of the molecule is CC(=O)CC(=O)COCCOc1ccccc1OCCOCC(=O)CC(C)=O. The summed E-state index contributed by atoms with van der Waals surface area (Å²) in [6, 6.07) is 7.04. The van der Waals surface area contributed by atoms with E-state index in [1.165, 1.54) is 13.8 Å². The Labute approximate surface area is 164 Å². The van der Waals surface area contributed by atoms with Crippen LogP contribution in [0.25, 0.3) is 0 Å². The van der Waals surface area contributed by atoms with E-state index in [0.717, 1.165) is 0 Å². The predicted molar refractivity (Wildman–Crippen MR) is 99.7 cm³/mol. The molecule has 0 radical (unpaired) electrons. The van der Waals surface area contributed by atoms with E-state index in [-0.39, 0.29) is 75.6 Å². The van der Waals surface area contributed by atoms with Crippen LogP contribution in [0.3, 0.4) is 0 Å². The van der Waals surface area contributed by atoms with Crippen LogP contribution in [0.1, 0.15) is 26.7 Å². The number of carbonyl (C=O) groups excluding carboxylic acids is 4. The molecule has 0 heterocycles. The molecule has 0 unspecified atom stereocenters. The van der Waals surface area contributed by atoms with Crippen LogP contribution in [-0.2, 0) is 28.7 Å². The molecule has 1 aromatic rings. The van der Waals surface area contributed by atoms with Crippen LogP contribution >= 0.6 is 0 Å². The van der Waals surface area contributed by atoms with E-state index in [4.69, 9.17) is 18.9 Å². The van der Waals surface area contributed by atoms with Crippen LogP contribution in [0.4, 0.5) is 0 Å². The minimum absolute atomic E-state index is 0.124. The van der Waals surface area contributed by atoms with Crippen LogP contribution in [0.15, 0.2) is 24.3 Å². The highest BCUT2D eigenvalue weighted by Crippen LogP contribution is 2.26. The van der Waals surface area contributed by atoms with Crippen molar-refractivity contribution in [2.75, 3.05) is 39.6 Å². The number of hydrogen-bond acceptors (Lipinski definition) is 8. The number of para-hydroxylation sites is 2. The quantitative estimate of drug-likeness (QED) is 0.307. The van der Waals surface area contributed by atoms with E-state index in [9.17, 15) is 19.2 Å². The summed E-state index contributed by atoms with van der Waals surface area (Å²) in [7, 11) is 0. The Hall–Kier alpha value is -2.58. The zero-order valence-corrected chi connectivity index (χ0v) is 16.2. The molecule has 0 fully saturated rings. The molecule has 1 rings (SSSR count). The van der Waals surface area contributed by atoms with Crippen molar-refractivity contribution < 1.29 is 38.1 Å². The summed E-state index contributed by atoms with van der Waals surface area (Å²) < 4.78 is 21.5. The number of rotatable bonds is 16. The van der Waals surface area contributed by atoms with Gasteiger partial charge in [0, 0.05) is 0 Å².